The first-order valence-electron chi connectivity index (χ1n) is 7.70. The summed E-state index contributed by atoms with van der Waals surface area (Å²) >= 11 is 1.64. The van der Waals surface area contributed by atoms with Gasteiger partial charge < -0.3 is 14.8 Å². The number of aryl methyl sites for hydroxylation is 1. The van der Waals surface area contributed by atoms with E-state index in [0.29, 0.717) is 24.5 Å². The fourth-order valence-corrected chi connectivity index (χ4v) is 4.02. The Morgan fingerprint density at radius 2 is 2.17 bits per heavy atom. The van der Waals surface area contributed by atoms with E-state index in [2.05, 4.69) is 11.1 Å². The zero-order valence-electron chi connectivity index (χ0n) is 13.4. The quantitative estimate of drug-likeness (QED) is 0.933. The number of fused-ring (bicyclic) bond motifs is 1. The molecule has 2 amide bonds. The second-order valence-electron chi connectivity index (χ2n) is 6.01. The van der Waals surface area contributed by atoms with Crippen LogP contribution in [0.15, 0.2) is 30.5 Å². The van der Waals surface area contributed by atoms with Crippen molar-refractivity contribution in [3.05, 3.63) is 36.0 Å². The van der Waals surface area contributed by atoms with Crippen molar-refractivity contribution in [1.29, 1.82) is 0 Å². The van der Waals surface area contributed by atoms with Crippen LogP contribution in [-0.4, -0.2) is 58.4 Å². The number of aromatic amines is 1. The average molecular weight is 331 g/mol. The number of nitrogens with one attached hydrogen (secondary N) is 1. The summed E-state index contributed by atoms with van der Waals surface area (Å²) in [6.45, 7) is 0. The van der Waals surface area contributed by atoms with Crippen molar-refractivity contribution in [2.75, 3.05) is 25.7 Å². The molecule has 0 bridgehead atoms. The number of aromatic nitrogens is 1. The molecule has 2 aromatic rings. The van der Waals surface area contributed by atoms with Crippen molar-refractivity contribution in [2.24, 2.45) is 0 Å². The van der Waals surface area contributed by atoms with E-state index in [1.54, 1.807) is 35.7 Å². The highest BCUT2D eigenvalue weighted by atomic mass is 32.2. The van der Waals surface area contributed by atoms with Gasteiger partial charge in [-0.05, 0) is 35.6 Å². The van der Waals surface area contributed by atoms with Gasteiger partial charge in [-0.15, -0.1) is 11.8 Å². The minimum absolute atomic E-state index is 0.0112. The van der Waals surface area contributed by atoms with E-state index in [0.717, 1.165) is 16.5 Å². The van der Waals surface area contributed by atoms with Gasteiger partial charge in [0, 0.05) is 38.0 Å². The number of likely N-dealkylation sites (N-methyl/N-ethyl adjacent to an activating group) is 1. The number of nitrogens with zero attached hydrogens (tertiary/aromatic N) is 2. The molecule has 5 nitrogen and oxygen atoms in total. The first-order valence-corrected chi connectivity index (χ1v) is 8.86. The predicted molar refractivity (Wildman–Crippen MR) is 93.3 cm³/mol. The number of amides is 2. The summed E-state index contributed by atoms with van der Waals surface area (Å²) in [5.74, 6) is 1.37. The number of carbonyl (C=O) groups is 2. The SMILES string of the molecule is CN(C)C(=O)[C@@H]1CSCN1C(=O)CCc1ccc2[nH]ccc2c1. The Kier molecular flexibility index (Phi) is 4.61. The van der Waals surface area contributed by atoms with Gasteiger partial charge in [-0.25, -0.2) is 0 Å². The number of benzene rings is 1. The molecule has 0 saturated carbocycles. The van der Waals surface area contributed by atoms with Gasteiger partial charge in [0.05, 0.1) is 5.88 Å². The minimum Gasteiger partial charge on any atom is -0.361 e. The average Bonchev–Trinajstić information content (AvgIpc) is 3.19. The van der Waals surface area contributed by atoms with Crippen LogP contribution in [0.3, 0.4) is 0 Å². The van der Waals surface area contributed by atoms with Crippen molar-refractivity contribution < 1.29 is 9.59 Å². The molecule has 2 heterocycles. The smallest absolute Gasteiger partial charge is 0.245 e. The zero-order valence-corrected chi connectivity index (χ0v) is 14.2. The third-order valence-corrected chi connectivity index (χ3v) is 5.19. The van der Waals surface area contributed by atoms with E-state index in [1.165, 1.54) is 0 Å². The van der Waals surface area contributed by atoms with E-state index >= 15 is 0 Å². The van der Waals surface area contributed by atoms with Crippen LogP contribution in [0.2, 0.25) is 0 Å². The summed E-state index contributed by atoms with van der Waals surface area (Å²) in [5.41, 5.74) is 2.25. The molecule has 0 aliphatic carbocycles. The molecule has 3 rings (SSSR count). The maximum absolute atomic E-state index is 12.5. The standard InChI is InChI=1S/C17H21N3O2S/c1-19(2)17(22)15-10-23-11-20(15)16(21)6-4-12-3-5-14-13(9-12)7-8-18-14/h3,5,7-9,15,18H,4,6,10-11H2,1-2H3/t15-/m0/s1. The summed E-state index contributed by atoms with van der Waals surface area (Å²) in [4.78, 5) is 31.1. The number of rotatable bonds is 4. The summed E-state index contributed by atoms with van der Waals surface area (Å²) in [6, 6.07) is 7.92. The molecule has 1 aromatic heterocycles. The summed E-state index contributed by atoms with van der Waals surface area (Å²) < 4.78 is 0. The molecule has 1 N–H and O–H groups in total. The fourth-order valence-electron chi connectivity index (χ4n) is 2.84. The van der Waals surface area contributed by atoms with Crippen LogP contribution < -0.4 is 0 Å². The molecule has 1 atom stereocenters. The van der Waals surface area contributed by atoms with Crippen LogP contribution in [0, 0.1) is 0 Å². The second kappa shape index (κ2) is 6.66. The van der Waals surface area contributed by atoms with Crippen molar-refractivity contribution in [1.82, 2.24) is 14.8 Å². The predicted octanol–water partition coefficient (Wildman–Crippen LogP) is 2.09. The molecule has 1 aliphatic heterocycles. The van der Waals surface area contributed by atoms with Crippen molar-refractivity contribution >= 4 is 34.5 Å². The highest BCUT2D eigenvalue weighted by molar-refractivity contribution is 7.99. The van der Waals surface area contributed by atoms with Gasteiger partial charge >= 0.3 is 0 Å². The van der Waals surface area contributed by atoms with Crippen LogP contribution >= 0.6 is 11.8 Å². The molecule has 6 heteroatoms. The maximum atomic E-state index is 12.5. The molecule has 122 valence electrons. The van der Waals surface area contributed by atoms with E-state index in [4.69, 9.17) is 0 Å². The number of hydrogen-bond donors (Lipinski definition) is 1. The van der Waals surface area contributed by atoms with Gasteiger partial charge in [-0.1, -0.05) is 6.07 Å². The largest absolute Gasteiger partial charge is 0.361 e. The Labute approximate surface area is 140 Å². The molecule has 1 saturated heterocycles. The number of H-pyrrole nitrogens is 1. The van der Waals surface area contributed by atoms with Crippen LogP contribution in [0.1, 0.15) is 12.0 Å². The molecular weight excluding hydrogens is 310 g/mol. The second-order valence-corrected chi connectivity index (χ2v) is 7.01. The van der Waals surface area contributed by atoms with Gasteiger partial charge in [0.15, 0.2) is 0 Å². The van der Waals surface area contributed by atoms with Crippen molar-refractivity contribution in [2.45, 2.75) is 18.9 Å². The third kappa shape index (κ3) is 3.37. The lowest BCUT2D eigenvalue weighted by molar-refractivity contribution is -0.141. The molecule has 0 unspecified atom stereocenters. The fraction of sp³-hybridized carbons (Fsp3) is 0.412. The van der Waals surface area contributed by atoms with Gasteiger partial charge in [0.2, 0.25) is 11.8 Å². The van der Waals surface area contributed by atoms with Gasteiger partial charge in [-0.3, -0.25) is 9.59 Å². The maximum Gasteiger partial charge on any atom is 0.245 e. The van der Waals surface area contributed by atoms with Crippen molar-refractivity contribution in [3.63, 3.8) is 0 Å². The molecule has 1 fully saturated rings. The van der Waals surface area contributed by atoms with Gasteiger partial charge in [-0.2, -0.15) is 0 Å². The number of hydrogen-bond acceptors (Lipinski definition) is 3. The zero-order chi connectivity index (χ0) is 16.4. The molecule has 1 aromatic carbocycles. The summed E-state index contributed by atoms with van der Waals surface area (Å²) in [6.07, 6.45) is 3.05. The Hall–Kier alpha value is -1.95. The first kappa shape index (κ1) is 15.9. The van der Waals surface area contributed by atoms with E-state index < -0.39 is 0 Å². The summed E-state index contributed by atoms with van der Waals surface area (Å²) in [7, 11) is 3.47. The first-order chi connectivity index (χ1) is 11.1. The van der Waals surface area contributed by atoms with E-state index in [-0.39, 0.29) is 17.9 Å². The van der Waals surface area contributed by atoms with Crippen molar-refractivity contribution in [3.8, 4) is 0 Å². The Morgan fingerprint density at radius 1 is 1.35 bits per heavy atom. The normalized spacial score (nSPS) is 17.7. The molecule has 0 radical (unpaired) electrons. The van der Waals surface area contributed by atoms with Crippen LogP contribution in [0.5, 0.6) is 0 Å². The van der Waals surface area contributed by atoms with Gasteiger partial charge in [0.25, 0.3) is 0 Å². The Bertz CT molecular complexity index is 725. The minimum atomic E-state index is -0.311. The lowest BCUT2D eigenvalue weighted by Gasteiger charge is -2.25. The number of carbonyl (C=O) groups excluding carboxylic acids is 2. The molecule has 1 aliphatic rings. The highest BCUT2D eigenvalue weighted by Crippen LogP contribution is 2.23. The molecule has 0 spiro atoms. The Morgan fingerprint density at radius 3 is 2.96 bits per heavy atom. The molecule has 23 heavy (non-hydrogen) atoms. The monoisotopic (exact) mass is 331 g/mol. The van der Waals surface area contributed by atoms with Crippen LogP contribution in [0.4, 0.5) is 0 Å². The van der Waals surface area contributed by atoms with Crippen LogP contribution in [-0.2, 0) is 16.0 Å². The van der Waals surface area contributed by atoms with E-state index in [1.807, 2.05) is 24.4 Å². The third-order valence-electron chi connectivity index (χ3n) is 4.17. The Balaban J connectivity index is 1.63. The highest BCUT2D eigenvalue weighted by Gasteiger charge is 2.34. The number of thioether (sulfide) groups is 1. The van der Waals surface area contributed by atoms with Crippen LogP contribution in [0.25, 0.3) is 10.9 Å². The van der Waals surface area contributed by atoms with E-state index in [9.17, 15) is 9.59 Å². The molecular formula is C17H21N3O2S. The lowest BCUT2D eigenvalue weighted by Crippen LogP contribution is -2.46. The lowest BCUT2D eigenvalue weighted by atomic mass is 10.1. The summed E-state index contributed by atoms with van der Waals surface area (Å²) in [5, 5.41) is 1.16. The van der Waals surface area contributed by atoms with Gasteiger partial charge in [0.1, 0.15) is 6.04 Å². The topological polar surface area (TPSA) is 56.4 Å².